The summed E-state index contributed by atoms with van der Waals surface area (Å²) in [7, 11) is 0. The Morgan fingerprint density at radius 3 is 2.75 bits per heavy atom. The minimum absolute atomic E-state index is 0.221. The molecule has 0 radical (unpaired) electrons. The summed E-state index contributed by atoms with van der Waals surface area (Å²) in [5.74, 6) is 0.927. The Morgan fingerprint density at radius 1 is 1.44 bits per heavy atom. The molecule has 0 bridgehead atoms. The number of rotatable bonds is 3. The standard InChI is InChI=1S/C11H17N3O2/c12-7-10(15)9-1-2-11(13-8-9)14-3-5-16-6-4-14/h1-2,8,10,15H,3-7,12H2. The molecular formula is C11H17N3O2. The molecule has 0 spiro atoms. The van der Waals surface area contributed by atoms with Gasteiger partial charge in [-0.2, -0.15) is 0 Å². The topological polar surface area (TPSA) is 71.6 Å². The summed E-state index contributed by atoms with van der Waals surface area (Å²) >= 11 is 0. The molecule has 1 unspecified atom stereocenters. The molecule has 2 rings (SSSR count). The molecule has 0 amide bonds. The Bertz CT molecular complexity index is 323. The first-order chi connectivity index (χ1) is 7.81. The van der Waals surface area contributed by atoms with Crippen LogP contribution < -0.4 is 10.6 Å². The van der Waals surface area contributed by atoms with Crippen molar-refractivity contribution in [2.75, 3.05) is 37.7 Å². The van der Waals surface area contributed by atoms with Gasteiger partial charge in [-0.15, -0.1) is 0 Å². The van der Waals surface area contributed by atoms with Crippen molar-refractivity contribution < 1.29 is 9.84 Å². The van der Waals surface area contributed by atoms with Gasteiger partial charge in [0.25, 0.3) is 0 Å². The predicted molar refractivity (Wildman–Crippen MR) is 61.3 cm³/mol. The van der Waals surface area contributed by atoms with Gasteiger partial charge in [0.05, 0.1) is 19.3 Å². The second kappa shape index (κ2) is 5.25. The molecule has 1 saturated heterocycles. The highest BCUT2D eigenvalue weighted by molar-refractivity contribution is 5.40. The van der Waals surface area contributed by atoms with Crippen molar-refractivity contribution in [3.05, 3.63) is 23.9 Å². The highest BCUT2D eigenvalue weighted by atomic mass is 16.5. The van der Waals surface area contributed by atoms with Gasteiger partial charge in [-0.3, -0.25) is 0 Å². The zero-order valence-corrected chi connectivity index (χ0v) is 9.17. The van der Waals surface area contributed by atoms with Gasteiger partial charge >= 0.3 is 0 Å². The highest BCUT2D eigenvalue weighted by Gasteiger charge is 2.13. The lowest BCUT2D eigenvalue weighted by atomic mass is 10.1. The number of anilines is 1. The third-order valence-corrected chi connectivity index (χ3v) is 2.71. The number of hydrogen-bond acceptors (Lipinski definition) is 5. The summed E-state index contributed by atoms with van der Waals surface area (Å²) in [6, 6.07) is 3.79. The molecule has 16 heavy (non-hydrogen) atoms. The van der Waals surface area contributed by atoms with Crippen LogP contribution in [0.25, 0.3) is 0 Å². The van der Waals surface area contributed by atoms with E-state index in [2.05, 4.69) is 9.88 Å². The molecule has 0 saturated carbocycles. The fourth-order valence-corrected chi connectivity index (χ4v) is 1.71. The number of aromatic nitrogens is 1. The van der Waals surface area contributed by atoms with Gasteiger partial charge < -0.3 is 20.5 Å². The molecule has 2 heterocycles. The SMILES string of the molecule is NCC(O)c1ccc(N2CCOCC2)nc1. The van der Waals surface area contributed by atoms with Gasteiger partial charge in [-0.25, -0.2) is 4.98 Å². The minimum Gasteiger partial charge on any atom is -0.387 e. The Balaban J connectivity index is 2.06. The predicted octanol–water partition coefficient (Wildman–Crippen LogP) is -0.0897. The van der Waals surface area contributed by atoms with Crippen LogP contribution in [0.2, 0.25) is 0 Å². The van der Waals surface area contributed by atoms with Crippen LogP contribution in [0.4, 0.5) is 5.82 Å². The number of hydrogen-bond donors (Lipinski definition) is 2. The summed E-state index contributed by atoms with van der Waals surface area (Å²) in [6.45, 7) is 3.44. The molecule has 1 aliphatic rings. The van der Waals surface area contributed by atoms with Crippen LogP contribution in [0.1, 0.15) is 11.7 Å². The molecule has 1 aliphatic heterocycles. The van der Waals surface area contributed by atoms with Crippen LogP contribution in [0.5, 0.6) is 0 Å². The molecule has 0 aromatic carbocycles. The number of nitrogens with zero attached hydrogens (tertiary/aromatic N) is 2. The van der Waals surface area contributed by atoms with Gasteiger partial charge in [0.2, 0.25) is 0 Å². The van der Waals surface area contributed by atoms with E-state index in [1.54, 1.807) is 6.20 Å². The van der Waals surface area contributed by atoms with Crippen LogP contribution in [-0.4, -0.2) is 42.9 Å². The van der Waals surface area contributed by atoms with E-state index >= 15 is 0 Å². The average molecular weight is 223 g/mol. The van der Waals surface area contributed by atoms with Crippen molar-refractivity contribution in [2.45, 2.75) is 6.10 Å². The van der Waals surface area contributed by atoms with Gasteiger partial charge in [0.1, 0.15) is 5.82 Å². The first-order valence-electron chi connectivity index (χ1n) is 5.48. The third-order valence-electron chi connectivity index (χ3n) is 2.71. The van der Waals surface area contributed by atoms with Crippen molar-refractivity contribution in [3.63, 3.8) is 0 Å². The number of ether oxygens (including phenoxy) is 1. The molecular weight excluding hydrogens is 206 g/mol. The van der Waals surface area contributed by atoms with Gasteiger partial charge in [0.15, 0.2) is 0 Å². The van der Waals surface area contributed by atoms with E-state index in [9.17, 15) is 5.11 Å². The summed E-state index contributed by atoms with van der Waals surface area (Å²) in [6.07, 6.45) is 1.06. The van der Waals surface area contributed by atoms with Gasteiger partial charge in [-0.05, 0) is 6.07 Å². The zero-order valence-electron chi connectivity index (χ0n) is 9.17. The number of aliphatic hydroxyl groups excluding tert-OH is 1. The molecule has 1 fully saturated rings. The lowest BCUT2D eigenvalue weighted by Crippen LogP contribution is -2.36. The first kappa shape index (κ1) is 11.3. The summed E-state index contributed by atoms with van der Waals surface area (Å²) in [5.41, 5.74) is 6.14. The van der Waals surface area contributed by atoms with E-state index in [1.807, 2.05) is 12.1 Å². The number of nitrogens with two attached hydrogens (primary N) is 1. The summed E-state index contributed by atoms with van der Waals surface area (Å²) in [5, 5.41) is 9.53. The van der Waals surface area contributed by atoms with Crippen LogP contribution in [-0.2, 0) is 4.74 Å². The van der Waals surface area contributed by atoms with Crippen molar-refractivity contribution in [3.8, 4) is 0 Å². The molecule has 5 heteroatoms. The number of morpholine rings is 1. The molecule has 88 valence electrons. The van der Waals surface area contributed by atoms with E-state index in [0.717, 1.165) is 37.7 Å². The summed E-state index contributed by atoms with van der Waals surface area (Å²) < 4.78 is 5.27. The van der Waals surface area contributed by atoms with E-state index in [0.29, 0.717) is 0 Å². The maximum absolute atomic E-state index is 9.53. The maximum Gasteiger partial charge on any atom is 0.128 e. The molecule has 5 nitrogen and oxygen atoms in total. The van der Waals surface area contributed by atoms with Gasteiger partial charge in [0, 0.05) is 31.4 Å². The monoisotopic (exact) mass is 223 g/mol. The van der Waals surface area contributed by atoms with Crippen LogP contribution in [0, 0.1) is 0 Å². The Hall–Kier alpha value is -1.17. The smallest absolute Gasteiger partial charge is 0.128 e. The molecule has 1 atom stereocenters. The molecule has 1 aromatic rings. The maximum atomic E-state index is 9.53. The van der Waals surface area contributed by atoms with E-state index < -0.39 is 6.10 Å². The zero-order chi connectivity index (χ0) is 11.4. The normalized spacial score (nSPS) is 18.5. The Morgan fingerprint density at radius 2 is 2.19 bits per heavy atom. The average Bonchev–Trinajstić information content (AvgIpc) is 2.39. The van der Waals surface area contributed by atoms with Gasteiger partial charge in [-0.1, -0.05) is 6.07 Å². The molecule has 0 aliphatic carbocycles. The van der Waals surface area contributed by atoms with Crippen molar-refractivity contribution in [1.29, 1.82) is 0 Å². The van der Waals surface area contributed by atoms with Crippen molar-refractivity contribution >= 4 is 5.82 Å². The Labute approximate surface area is 94.8 Å². The van der Waals surface area contributed by atoms with Crippen molar-refractivity contribution in [1.82, 2.24) is 4.98 Å². The minimum atomic E-state index is -0.619. The second-order valence-electron chi connectivity index (χ2n) is 3.80. The van der Waals surface area contributed by atoms with Crippen LogP contribution >= 0.6 is 0 Å². The second-order valence-corrected chi connectivity index (χ2v) is 3.80. The van der Waals surface area contributed by atoms with E-state index in [-0.39, 0.29) is 6.54 Å². The third kappa shape index (κ3) is 2.49. The lowest BCUT2D eigenvalue weighted by Gasteiger charge is -2.27. The van der Waals surface area contributed by atoms with Crippen LogP contribution in [0.15, 0.2) is 18.3 Å². The largest absolute Gasteiger partial charge is 0.387 e. The van der Waals surface area contributed by atoms with E-state index in [1.165, 1.54) is 0 Å². The number of aliphatic hydroxyl groups is 1. The summed E-state index contributed by atoms with van der Waals surface area (Å²) in [4.78, 5) is 6.49. The van der Waals surface area contributed by atoms with Crippen LogP contribution in [0.3, 0.4) is 0 Å². The Kier molecular flexibility index (Phi) is 3.71. The molecule has 1 aromatic heterocycles. The van der Waals surface area contributed by atoms with E-state index in [4.69, 9.17) is 10.5 Å². The fourth-order valence-electron chi connectivity index (χ4n) is 1.71. The number of pyridine rings is 1. The quantitative estimate of drug-likeness (QED) is 0.749. The highest BCUT2D eigenvalue weighted by Crippen LogP contribution is 2.16. The van der Waals surface area contributed by atoms with Crippen molar-refractivity contribution in [2.24, 2.45) is 5.73 Å². The molecule has 3 N–H and O–H groups in total. The first-order valence-corrected chi connectivity index (χ1v) is 5.48. The fraction of sp³-hybridized carbons (Fsp3) is 0.545. The lowest BCUT2D eigenvalue weighted by molar-refractivity contribution is 0.122.